The number of hydrogen-bond donors (Lipinski definition) is 1. The number of carbonyl (C=O) groups excluding carboxylic acids is 2. The Morgan fingerprint density at radius 3 is 2.21 bits per heavy atom. The fourth-order valence-corrected chi connectivity index (χ4v) is 1.49. The summed E-state index contributed by atoms with van der Waals surface area (Å²) in [6, 6.07) is 0. The molecule has 0 aliphatic heterocycles. The Kier molecular flexibility index (Phi) is 7.48. The second kappa shape index (κ2) is 8.29. The molecule has 0 bridgehead atoms. The van der Waals surface area contributed by atoms with E-state index in [0.29, 0.717) is 0 Å². The molecular formula is C13H20O6. The summed E-state index contributed by atoms with van der Waals surface area (Å²) in [4.78, 5) is 34.2. The van der Waals surface area contributed by atoms with Crippen molar-refractivity contribution in [3.05, 3.63) is 11.6 Å². The highest BCUT2D eigenvalue weighted by molar-refractivity contribution is 5.97. The molecule has 0 heterocycles. The van der Waals surface area contributed by atoms with Crippen molar-refractivity contribution in [2.24, 2.45) is 11.8 Å². The number of ether oxygens (including phenoxy) is 2. The third-order valence-corrected chi connectivity index (χ3v) is 2.28. The zero-order valence-corrected chi connectivity index (χ0v) is 11.6. The molecule has 19 heavy (non-hydrogen) atoms. The van der Waals surface area contributed by atoms with Crippen LogP contribution in [0.1, 0.15) is 27.2 Å². The van der Waals surface area contributed by atoms with Crippen LogP contribution in [0.4, 0.5) is 0 Å². The van der Waals surface area contributed by atoms with Gasteiger partial charge in [-0.2, -0.15) is 0 Å². The Bertz CT molecular complexity index is 369. The summed E-state index contributed by atoms with van der Waals surface area (Å²) in [7, 11) is 1.20. The number of esters is 2. The van der Waals surface area contributed by atoms with Crippen molar-refractivity contribution in [1.82, 2.24) is 0 Å². The van der Waals surface area contributed by atoms with Crippen LogP contribution in [0, 0.1) is 11.8 Å². The van der Waals surface area contributed by atoms with E-state index in [2.05, 4.69) is 9.47 Å². The monoisotopic (exact) mass is 272 g/mol. The largest absolute Gasteiger partial charge is 0.481 e. The molecule has 1 N–H and O–H groups in total. The highest BCUT2D eigenvalue weighted by Crippen LogP contribution is 2.17. The summed E-state index contributed by atoms with van der Waals surface area (Å²) in [5, 5.41) is 9.03. The zero-order chi connectivity index (χ0) is 15.0. The van der Waals surface area contributed by atoms with Gasteiger partial charge < -0.3 is 14.6 Å². The maximum absolute atomic E-state index is 11.6. The Balaban J connectivity index is 5.11. The van der Waals surface area contributed by atoms with Crippen molar-refractivity contribution in [3.8, 4) is 0 Å². The zero-order valence-electron chi connectivity index (χ0n) is 11.6. The van der Waals surface area contributed by atoms with E-state index in [9.17, 15) is 14.4 Å². The first kappa shape index (κ1) is 17.2. The summed E-state index contributed by atoms with van der Waals surface area (Å²) in [5.41, 5.74) is 0.165. The Morgan fingerprint density at radius 1 is 1.26 bits per heavy atom. The third-order valence-electron chi connectivity index (χ3n) is 2.28. The Hall–Kier alpha value is -1.85. The predicted molar refractivity (Wildman–Crippen MR) is 67.3 cm³/mol. The average Bonchev–Trinajstić information content (AvgIpc) is 2.32. The van der Waals surface area contributed by atoms with Gasteiger partial charge in [0.1, 0.15) is 0 Å². The van der Waals surface area contributed by atoms with Gasteiger partial charge in [0.2, 0.25) is 0 Å². The van der Waals surface area contributed by atoms with E-state index >= 15 is 0 Å². The molecule has 0 rings (SSSR count). The van der Waals surface area contributed by atoms with Crippen LogP contribution >= 0.6 is 0 Å². The van der Waals surface area contributed by atoms with Crippen LogP contribution in [-0.2, 0) is 23.9 Å². The molecular weight excluding hydrogens is 252 g/mol. The van der Waals surface area contributed by atoms with Crippen LogP contribution in [0.15, 0.2) is 11.6 Å². The number of hydrogen-bond acceptors (Lipinski definition) is 5. The highest BCUT2D eigenvalue weighted by atomic mass is 16.5. The molecule has 0 saturated carbocycles. The van der Waals surface area contributed by atoms with Crippen molar-refractivity contribution in [3.63, 3.8) is 0 Å². The lowest BCUT2D eigenvalue weighted by atomic mass is 9.97. The van der Waals surface area contributed by atoms with E-state index in [0.717, 1.165) is 0 Å². The van der Waals surface area contributed by atoms with Crippen molar-refractivity contribution >= 4 is 17.9 Å². The van der Waals surface area contributed by atoms with Gasteiger partial charge in [-0.05, 0) is 12.8 Å². The lowest BCUT2D eigenvalue weighted by Gasteiger charge is -2.13. The van der Waals surface area contributed by atoms with Crippen molar-refractivity contribution in [1.29, 1.82) is 0 Å². The number of rotatable bonds is 7. The van der Waals surface area contributed by atoms with Crippen LogP contribution < -0.4 is 0 Å². The van der Waals surface area contributed by atoms with Crippen LogP contribution in [0.5, 0.6) is 0 Å². The van der Waals surface area contributed by atoms with Crippen molar-refractivity contribution in [2.45, 2.75) is 27.2 Å². The first-order valence-electron chi connectivity index (χ1n) is 6.01. The minimum Gasteiger partial charge on any atom is -0.481 e. The smallest absolute Gasteiger partial charge is 0.333 e. The topological polar surface area (TPSA) is 89.9 Å². The van der Waals surface area contributed by atoms with E-state index in [1.54, 1.807) is 13.0 Å². The molecule has 0 saturated heterocycles. The fraction of sp³-hybridized carbons (Fsp3) is 0.615. The number of carboxylic acid groups (broad SMARTS) is 1. The third kappa shape index (κ3) is 6.03. The lowest BCUT2D eigenvalue weighted by Crippen LogP contribution is -2.28. The second-order valence-corrected chi connectivity index (χ2v) is 4.27. The van der Waals surface area contributed by atoms with Crippen LogP contribution in [-0.4, -0.2) is 36.7 Å². The molecule has 6 heteroatoms. The predicted octanol–water partition coefficient (Wildman–Crippen LogP) is 1.40. The van der Waals surface area contributed by atoms with Gasteiger partial charge in [0.15, 0.2) is 5.92 Å². The number of methoxy groups -OCH3 is 1. The van der Waals surface area contributed by atoms with Gasteiger partial charge in [-0.15, -0.1) is 0 Å². The van der Waals surface area contributed by atoms with E-state index in [4.69, 9.17) is 5.11 Å². The van der Waals surface area contributed by atoms with Gasteiger partial charge in [0, 0.05) is 12.0 Å². The maximum atomic E-state index is 11.6. The van der Waals surface area contributed by atoms with Gasteiger partial charge in [-0.1, -0.05) is 19.9 Å². The van der Waals surface area contributed by atoms with E-state index in [1.165, 1.54) is 7.11 Å². The molecule has 0 aliphatic carbocycles. The normalized spacial score (nSPS) is 13.0. The SMILES string of the molecule is CCOC(=O)C(C/C(=C/C(C)C)C(=O)OC)C(=O)O. The van der Waals surface area contributed by atoms with Crippen LogP contribution in [0.3, 0.4) is 0 Å². The van der Waals surface area contributed by atoms with E-state index in [1.807, 2.05) is 13.8 Å². The van der Waals surface area contributed by atoms with Crippen molar-refractivity contribution < 1.29 is 29.0 Å². The average molecular weight is 272 g/mol. The summed E-state index contributed by atoms with van der Waals surface area (Å²) in [6.07, 6.45) is 1.35. The number of allylic oxidation sites excluding steroid dienone is 1. The number of carbonyl (C=O) groups is 3. The summed E-state index contributed by atoms with van der Waals surface area (Å²) < 4.78 is 9.27. The fourth-order valence-electron chi connectivity index (χ4n) is 1.49. The summed E-state index contributed by atoms with van der Waals surface area (Å²) in [6.45, 7) is 5.35. The van der Waals surface area contributed by atoms with Crippen LogP contribution in [0.25, 0.3) is 0 Å². The van der Waals surface area contributed by atoms with Crippen LogP contribution in [0.2, 0.25) is 0 Å². The first-order chi connectivity index (χ1) is 8.83. The maximum Gasteiger partial charge on any atom is 0.333 e. The van der Waals surface area contributed by atoms with Gasteiger partial charge in [-0.3, -0.25) is 9.59 Å². The quantitative estimate of drug-likeness (QED) is 0.428. The highest BCUT2D eigenvalue weighted by Gasteiger charge is 2.30. The second-order valence-electron chi connectivity index (χ2n) is 4.27. The summed E-state index contributed by atoms with van der Waals surface area (Å²) >= 11 is 0. The van der Waals surface area contributed by atoms with Gasteiger partial charge >= 0.3 is 17.9 Å². The molecule has 1 atom stereocenters. The molecule has 0 amide bonds. The number of carboxylic acids is 1. The van der Waals surface area contributed by atoms with E-state index < -0.39 is 23.8 Å². The molecule has 1 unspecified atom stereocenters. The summed E-state index contributed by atoms with van der Waals surface area (Å²) in [5.74, 6) is -4.18. The van der Waals surface area contributed by atoms with Crippen molar-refractivity contribution in [2.75, 3.05) is 13.7 Å². The molecule has 0 aromatic carbocycles. The van der Waals surface area contributed by atoms with Gasteiger partial charge in [-0.25, -0.2) is 4.79 Å². The molecule has 0 radical (unpaired) electrons. The standard InChI is InChI=1S/C13H20O6/c1-5-19-13(17)10(11(14)15)7-9(6-8(2)3)12(16)18-4/h6,8,10H,5,7H2,1-4H3,(H,14,15)/b9-6-. The molecule has 0 aliphatic rings. The first-order valence-corrected chi connectivity index (χ1v) is 6.01. The molecule has 0 fully saturated rings. The van der Waals surface area contributed by atoms with Gasteiger partial charge in [0.05, 0.1) is 13.7 Å². The molecule has 0 spiro atoms. The molecule has 0 aromatic heterocycles. The number of aliphatic carboxylic acids is 1. The Labute approximate surface area is 112 Å². The molecule has 6 nitrogen and oxygen atoms in total. The minimum atomic E-state index is -1.40. The Morgan fingerprint density at radius 2 is 1.84 bits per heavy atom. The van der Waals surface area contributed by atoms with E-state index in [-0.39, 0.29) is 24.5 Å². The lowest BCUT2D eigenvalue weighted by molar-refractivity contribution is -0.158. The minimum absolute atomic E-state index is 0.0331. The van der Waals surface area contributed by atoms with Gasteiger partial charge in [0.25, 0.3) is 0 Å². The molecule has 108 valence electrons. The molecule has 0 aromatic rings.